The molecule has 0 radical (unpaired) electrons. The predicted molar refractivity (Wildman–Crippen MR) is 116 cm³/mol. The molecule has 3 aliphatic heterocycles. The molecule has 1 spiro atoms. The Morgan fingerprint density at radius 1 is 1.06 bits per heavy atom. The van der Waals surface area contributed by atoms with Crippen molar-refractivity contribution in [1.29, 1.82) is 0 Å². The second kappa shape index (κ2) is 8.10. The molecule has 0 bridgehead atoms. The number of likely N-dealkylation sites (tertiary alicyclic amines) is 1. The number of halogens is 3. The van der Waals surface area contributed by atoms with Crippen LogP contribution < -0.4 is 10.2 Å². The summed E-state index contributed by atoms with van der Waals surface area (Å²) >= 11 is 0. The maximum absolute atomic E-state index is 13.3. The van der Waals surface area contributed by atoms with Crippen molar-refractivity contribution in [3.8, 4) is 0 Å². The monoisotopic (exact) mass is 445 g/mol. The molecule has 1 fully saturated rings. The van der Waals surface area contributed by atoms with Gasteiger partial charge in [0.2, 0.25) is 6.41 Å². The van der Waals surface area contributed by atoms with E-state index in [1.807, 2.05) is 35.2 Å². The standard InChI is InChI=1S/C24H26F3N3O2/c25-24(26,27)18-8-9-20-19(15-18)28-23(21-7-4-12-30(20)21)10-13-29(14-11-23)22(31)32-16-17-5-2-1-3-6-17/h1-3,5-9,15,22,28,31H,4,10-14,16H2. The summed E-state index contributed by atoms with van der Waals surface area (Å²) in [5.74, 6) is 0. The van der Waals surface area contributed by atoms with Gasteiger partial charge in [-0.2, -0.15) is 13.2 Å². The molecule has 2 N–H and O–H groups in total. The van der Waals surface area contributed by atoms with Gasteiger partial charge < -0.3 is 20.1 Å². The van der Waals surface area contributed by atoms with E-state index in [1.54, 1.807) is 6.07 Å². The minimum atomic E-state index is -4.38. The number of benzene rings is 2. The first-order valence-corrected chi connectivity index (χ1v) is 10.9. The first-order valence-electron chi connectivity index (χ1n) is 10.9. The Kier molecular flexibility index (Phi) is 5.39. The smallest absolute Gasteiger partial charge is 0.372 e. The number of hydrogen-bond acceptors (Lipinski definition) is 5. The van der Waals surface area contributed by atoms with E-state index in [9.17, 15) is 18.3 Å². The molecule has 1 unspecified atom stereocenters. The molecule has 3 aliphatic rings. The number of fused-ring (bicyclic) bond motifs is 4. The highest BCUT2D eigenvalue weighted by molar-refractivity contribution is 5.80. The fourth-order valence-electron chi connectivity index (χ4n) is 4.99. The van der Waals surface area contributed by atoms with Gasteiger partial charge in [-0.05, 0) is 43.0 Å². The number of aliphatic hydroxyl groups excluding tert-OH is 1. The molecule has 0 aliphatic carbocycles. The summed E-state index contributed by atoms with van der Waals surface area (Å²) in [5, 5.41) is 14.0. The van der Waals surface area contributed by atoms with Gasteiger partial charge in [-0.1, -0.05) is 36.4 Å². The van der Waals surface area contributed by atoms with Crippen LogP contribution >= 0.6 is 0 Å². The molecule has 170 valence electrons. The topological polar surface area (TPSA) is 48.0 Å². The van der Waals surface area contributed by atoms with Crippen molar-refractivity contribution < 1.29 is 23.0 Å². The Bertz CT molecular complexity index is 1000. The van der Waals surface area contributed by atoms with E-state index < -0.39 is 23.7 Å². The van der Waals surface area contributed by atoms with E-state index >= 15 is 0 Å². The zero-order chi connectivity index (χ0) is 22.3. The molecule has 3 heterocycles. The lowest BCUT2D eigenvalue weighted by atomic mass is 9.81. The van der Waals surface area contributed by atoms with Crippen LogP contribution in [0.3, 0.4) is 0 Å². The maximum Gasteiger partial charge on any atom is 0.416 e. The molecule has 5 nitrogen and oxygen atoms in total. The minimum absolute atomic E-state index is 0.314. The van der Waals surface area contributed by atoms with E-state index in [1.165, 1.54) is 6.07 Å². The number of hydrogen-bond donors (Lipinski definition) is 2. The van der Waals surface area contributed by atoms with E-state index in [0.29, 0.717) is 38.2 Å². The van der Waals surface area contributed by atoms with Gasteiger partial charge in [0.15, 0.2) is 0 Å². The maximum atomic E-state index is 13.3. The van der Waals surface area contributed by atoms with Crippen molar-refractivity contribution in [2.45, 2.75) is 44.0 Å². The van der Waals surface area contributed by atoms with E-state index in [0.717, 1.165) is 36.0 Å². The summed E-state index contributed by atoms with van der Waals surface area (Å²) in [4.78, 5) is 4.02. The Hall–Kier alpha value is -2.55. The number of ether oxygens (including phenoxy) is 1. The van der Waals surface area contributed by atoms with Crippen LogP contribution in [0.25, 0.3) is 0 Å². The second-order valence-corrected chi connectivity index (χ2v) is 8.63. The van der Waals surface area contributed by atoms with Crippen molar-refractivity contribution in [3.05, 3.63) is 71.4 Å². The van der Waals surface area contributed by atoms with Crippen LogP contribution in [0.2, 0.25) is 0 Å². The van der Waals surface area contributed by atoms with Crippen LogP contribution in [0, 0.1) is 0 Å². The summed E-state index contributed by atoms with van der Waals surface area (Å²) in [6, 6.07) is 13.6. The minimum Gasteiger partial charge on any atom is -0.372 e. The highest BCUT2D eigenvalue weighted by Gasteiger charge is 2.46. The van der Waals surface area contributed by atoms with Gasteiger partial charge >= 0.3 is 6.18 Å². The summed E-state index contributed by atoms with van der Waals surface area (Å²) in [7, 11) is 0. The fraction of sp³-hybridized carbons (Fsp3) is 0.417. The Morgan fingerprint density at radius 3 is 2.53 bits per heavy atom. The van der Waals surface area contributed by atoms with Crippen LogP contribution in [0.1, 0.15) is 30.4 Å². The molecule has 1 saturated heterocycles. The summed E-state index contributed by atoms with van der Waals surface area (Å²) in [6.45, 7) is 2.23. The third-order valence-electron chi connectivity index (χ3n) is 6.67. The zero-order valence-corrected chi connectivity index (χ0v) is 17.6. The SMILES string of the molecule is OC(OCc1ccccc1)N1CCC2(CC1)Nc1cc(C(F)(F)F)ccc1N1CCC=C12. The molecule has 5 rings (SSSR count). The van der Waals surface area contributed by atoms with Crippen molar-refractivity contribution in [1.82, 2.24) is 4.90 Å². The van der Waals surface area contributed by atoms with Gasteiger partial charge in [0.1, 0.15) is 0 Å². The van der Waals surface area contributed by atoms with Gasteiger partial charge in [-0.15, -0.1) is 0 Å². The van der Waals surface area contributed by atoms with Gasteiger partial charge in [-0.25, -0.2) is 0 Å². The first kappa shape index (κ1) is 21.3. The second-order valence-electron chi connectivity index (χ2n) is 8.63. The van der Waals surface area contributed by atoms with Crippen LogP contribution in [0.4, 0.5) is 24.5 Å². The molecule has 8 heteroatoms. The van der Waals surface area contributed by atoms with Crippen LogP contribution in [-0.2, 0) is 17.5 Å². The van der Waals surface area contributed by atoms with Crippen molar-refractivity contribution in [3.63, 3.8) is 0 Å². The van der Waals surface area contributed by atoms with Crippen molar-refractivity contribution in [2.24, 2.45) is 0 Å². The van der Waals surface area contributed by atoms with Gasteiger partial charge in [0.05, 0.1) is 29.1 Å². The number of anilines is 2. The first-order chi connectivity index (χ1) is 15.4. The normalized spacial score (nSPS) is 21.0. The Balaban J connectivity index is 1.31. The summed E-state index contributed by atoms with van der Waals surface area (Å²) in [5.41, 5.74) is 2.34. The van der Waals surface area contributed by atoms with E-state index in [4.69, 9.17) is 4.74 Å². The highest BCUT2D eigenvalue weighted by atomic mass is 19.4. The average molecular weight is 445 g/mol. The lowest BCUT2D eigenvalue weighted by molar-refractivity contribution is -0.205. The average Bonchev–Trinajstić information content (AvgIpc) is 3.29. The van der Waals surface area contributed by atoms with Crippen LogP contribution in [0.5, 0.6) is 0 Å². The lowest BCUT2D eigenvalue weighted by Gasteiger charge is -2.50. The summed E-state index contributed by atoms with van der Waals surface area (Å²) in [6.07, 6.45) is -1.02. The number of alkyl halides is 3. The number of rotatable bonds is 4. The quantitative estimate of drug-likeness (QED) is 0.677. The van der Waals surface area contributed by atoms with Crippen molar-refractivity contribution >= 4 is 11.4 Å². The lowest BCUT2D eigenvalue weighted by Crippen LogP contribution is -2.57. The molecule has 1 atom stereocenters. The predicted octanol–water partition coefficient (Wildman–Crippen LogP) is 4.55. The number of nitrogens with zero attached hydrogens (tertiary/aromatic N) is 2. The zero-order valence-electron chi connectivity index (χ0n) is 17.6. The van der Waals surface area contributed by atoms with Crippen LogP contribution in [0.15, 0.2) is 60.3 Å². The molecular weight excluding hydrogens is 419 g/mol. The number of aliphatic hydroxyl groups is 1. The number of piperidine rings is 1. The molecule has 2 aromatic carbocycles. The Morgan fingerprint density at radius 2 is 1.81 bits per heavy atom. The third kappa shape index (κ3) is 3.87. The Labute approximate surface area is 185 Å². The van der Waals surface area contributed by atoms with Crippen molar-refractivity contribution in [2.75, 3.05) is 29.9 Å². The van der Waals surface area contributed by atoms with Gasteiger partial charge in [-0.3, -0.25) is 4.90 Å². The highest BCUT2D eigenvalue weighted by Crippen LogP contribution is 2.48. The van der Waals surface area contributed by atoms with Gasteiger partial charge in [0, 0.05) is 25.3 Å². The number of nitrogens with one attached hydrogen (secondary N) is 1. The van der Waals surface area contributed by atoms with E-state index in [-0.39, 0.29) is 0 Å². The molecular formula is C24H26F3N3O2. The summed E-state index contributed by atoms with van der Waals surface area (Å²) < 4.78 is 45.5. The molecule has 0 amide bonds. The molecule has 0 aromatic heterocycles. The third-order valence-corrected chi connectivity index (χ3v) is 6.67. The molecule has 32 heavy (non-hydrogen) atoms. The molecule has 0 saturated carbocycles. The molecule has 2 aromatic rings. The van der Waals surface area contributed by atoms with Gasteiger partial charge in [0.25, 0.3) is 0 Å². The largest absolute Gasteiger partial charge is 0.416 e. The van der Waals surface area contributed by atoms with E-state index in [2.05, 4.69) is 16.3 Å². The fourth-order valence-corrected chi connectivity index (χ4v) is 4.99. The van der Waals surface area contributed by atoms with Crippen LogP contribution in [-0.4, -0.2) is 41.6 Å².